The van der Waals surface area contributed by atoms with Gasteiger partial charge in [0.05, 0.1) is 6.26 Å². The number of thioether (sulfide) groups is 1. The molecule has 0 spiro atoms. The van der Waals surface area contributed by atoms with Gasteiger partial charge in [-0.3, -0.25) is 4.79 Å². The van der Waals surface area contributed by atoms with Crippen LogP contribution >= 0.6 is 11.8 Å². The second-order valence-electron chi connectivity index (χ2n) is 7.06. The van der Waals surface area contributed by atoms with E-state index in [0.29, 0.717) is 16.7 Å². The van der Waals surface area contributed by atoms with Crippen molar-refractivity contribution in [2.24, 2.45) is 7.05 Å². The highest BCUT2D eigenvalue weighted by molar-refractivity contribution is 8.00. The third kappa shape index (κ3) is 4.16. The molecule has 4 rings (SSSR count). The van der Waals surface area contributed by atoms with Gasteiger partial charge in [-0.2, -0.15) is 0 Å². The minimum absolute atomic E-state index is 0.109. The van der Waals surface area contributed by atoms with Gasteiger partial charge >= 0.3 is 0 Å². The number of benzene rings is 2. The lowest BCUT2D eigenvalue weighted by Crippen LogP contribution is -2.20. The number of carbonyl (C=O) groups excluding carboxylic acids is 1. The Hall–Kier alpha value is -3.32. The second kappa shape index (κ2) is 8.59. The van der Waals surface area contributed by atoms with E-state index in [0.717, 1.165) is 22.4 Å². The molecule has 7 heteroatoms. The summed E-state index contributed by atoms with van der Waals surface area (Å²) < 4.78 is 7.28. The van der Waals surface area contributed by atoms with E-state index in [1.54, 1.807) is 12.3 Å². The van der Waals surface area contributed by atoms with E-state index in [1.165, 1.54) is 11.8 Å². The van der Waals surface area contributed by atoms with Crippen molar-refractivity contribution in [1.29, 1.82) is 0 Å². The van der Waals surface area contributed by atoms with Crippen LogP contribution in [0.25, 0.3) is 11.6 Å². The van der Waals surface area contributed by atoms with Crippen LogP contribution in [0.5, 0.6) is 0 Å². The Bertz CT molecular complexity index is 1150. The third-order valence-corrected chi connectivity index (χ3v) is 6.08. The molecule has 0 fully saturated rings. The molecule has 1 atom stereocenters. The van der Waals surface area contributed by atoms with E-state index in [4.69, 9.17) is 4.42 Å². The van der Waals surface area contributed by atoms with Gasteiger partial charge in [-0.05, 0) is 48.7 Å². The average molecular weight is 419 g/mol. The lowest BCUT2D eigenvalue weighted by Gasteiger charge is -2.18. The Kier molecular flexibility index (Phi) is 5.72. The van der Waals surface area contributed by atoms with Crippen LogP contribution in [0, 0.1) is 13.8 Å². The van der Waals surface area contributed by atoms with Crippen molar-refractivity contribution in [3.63, 3.8) is 0 Å². The molecule has 2 heterocycles. The quantitative estimate of drug-likeness (QED) is 0.438. The summed E-state index contributed by atoms with van der Waals surface area (Å²) in [6, 6.07) is 19.4. The zero-order valence-electron chi connectivity index (χ0n) is 17.0. The first-order valence-corrected chi connectivity index (χ1v) is 10.4. The van der Waals surface area contributed by atoms with Crippen LogP contribution in [0.1, 0.15) is 21.9 Å². The van der Waals surface area contributed by atoms with Crippen LogP contribution < -0.4 is 5.32 Å². The minimum Gasteiger partial charge on any atom is -0.461 e. The molecule has 0 saturated heterocycles. The number of carbonyl (C=O) groups is 1. The van der Waals surface area contributed by atoms with Gasteiger partial charge in [0.15, 0.2) is 16.7 Å². The molecule has 0 saturated carbocycles. The van der Waals surface area contributed by atoms with Crippen LogP contribution in [0.15, 0.2) is 76.5 Å². The molecular formula is C23H22N4O2S. The van der Waals surface area contributed by atoms with Crippen LogP contribution in [0.4, 0.5) is 5.69 Å². The zero-order chi connectivity index (χ0) is 21.1. The SMILES string of the molecule is Cc1ccc(C)c(NC(=O)[C@H](Sc2nnc(-c3ccco3)n2C)c2ccccc2)c1. The molecular weight excluding hydrogens is 396 g/mol. The van der Waals surface area contributed by atoms with E-state index >= 15 is 0 Å². The normalized spacial score (nSPS) is 12.0. The summed E-state index contributed by atoms with van der Waals surface area (Å²) in [5.74, 6) is 1.14. The minimum atomic E-state index is -0.488. The molecule has 152 valence electrons. The van der Waals surface area contributed by atoms with Crippen LogP contribution in [-0.4, -0.2) is 20.7 Å². The topological polar surface area (TPSA) is 73.0 Å². The van der Waals surface area contributed by atoms with Crippen molar-refractivity contribution >= 4 is 23.4 Å². The number of nitrogens with zero attached hydrogens (tertiary/aromatic N) is 3. The lowest BCUT2D eigenvalue weighted by molar-refractivity contribution is -0.115. The standard InChI is InChI=1S/C23H22N4O2S/c1-15-11-12-16(2)18(14-15)24-22(28)20(17-8-5-4-6-9-17)30-23-26-25-21(27(23)3)19-10-7-13-29-19/h4-14,20H,1-3H3,(H,24,28)/t20-/m1/s1. The van der Waals surface area contributed by atoms with Crippen LogP contribution in [0.2, 0.25) is 0 Å². The first kappa shape index (κ1) is 20.0. The average Bonchev–Trinajstić information content (AvgIpc) is 3.39. The van der Waals surface area contributed by atoms with Crippen molar-refractivity contribution in [3.05, 3.63) is 83.6 Å². The van der Waals surface area contributed by atoms with Gasteiger partial charge in [-0.15, -0.1) is 10.2 Å². The summed E-state index contributed by atoms with van der Waals surface area (Å²) >= 11 is 1.36. The first-order chi connectivity index (χ1) is 14.5. The Morgan fingerprint density at radius 3 is 2.60 bits per heavy atom. The molecule has 2 aromatic carbocycles. The number of hydrogen-bond acceptors (Lipinski definition) is 5. The van der Waals surface area contributed by atoms with Crippen molar-refractivity contribution in [2.45, 2.75) is 24.3 Å². The molecule has 6 nitrogen and oxygen atoms in total. The van der Waals surface area contributed by atoms with Gasteiger partial charge < -0.3 is 14.3 Å². The fourth-order valence-electron chi connectivity index (χ4n) is 3.11. The Morgan fingerprint density at radius 2 is 1.87 bits per heavy atom. The van der Waals surface area contributed by atoms with E-state index in [1.807, 2.05) is 80.1 Å². The van der Waals surface area contributed by atoms with Crippen molar-refractivity contribution < 1.29 is 9.21 Å². The number of anilines is 1. The molecule has 0 aliphatic rings. The number of amides is 1. The molecule has 0 aliphatic heterocycles. The summed E-state index contributed by atoms with van der Waals surface area (Å²) in [6.45, 7) is 3.99. The molecule has 1 N–H and O–H groups in total. The van der Waals surface area contributed by atoms with Crippen LogP contribution in [-0.2, 0) is 11.8 Å². The summed E-state index contributed by atoms with van der Waals surface area (Å²) in [5, 5.41) is 11.8. The van der Waals surface area contributed by atoms with E-state index in [-0.39, 0.29) is 5.91 Å². The number of nitrogens with one attached hydrogen (secondary N) is 1. The highest BCUT2D eigenvalue weighted by Crippen LogP contribution is 2.36. The molecule has 0 aliphatic carbocycles. The predicted octanol–water partition coefficient (Wildman–Crippen LogP) is 5.16. The fourth-order valence-corrected chi connectivity index (χ4v) is 4.12. The fraction of sp³-hybridized carbons (Fsp3) is 0.174. The lowest BCUT2D eigenvalue weighted by atomic mass is 10.1. The number of aryl methyl sites for hydroxylation is 2. The summed E-state index contributed by atoms with van der Waals surface area (Å²) in [7, 11) is 1.87. The Balaban J connectivity index is 1.64. The summed E-state index contributed by atoms with van der Waals surface area (Å²) in [4.78, 5) is 13.3. The van der Waals surface area contributed by atoms with Gasteiger partial charge in [-0.25, -0.2) is 0 Å². The van der Waals surface area contributed by atoms with Gasteiger partial charge in [0.2, 0.25) is 5.91 Å². The molecule has 0 radical (unpaired) electrons. The summed E-state index contributed by atoms with van der Waals surface area (Å²) in [5.41, 5.74) is 3.82. The molecule has 1 amide bonds. The van der Waals surface area contributed by atoms with Crippen LogP contribution in [0.3, 0.4) is 0 Å². The van der Waals surface area contributed by atoms with E-state index < -0.39 is 5.25 Å². The molecule has 0 unspecified atom stereocenters. The second-order valence-corrected chi connectivity index (χ2v) is 8.13. The van der Waals surface area contributed by atoms with E-state index in [9.17, 15) is 4.79 Å². The number of furan rings is 1. The molecule has 0 bridgehead atoms. The van der Waals surface area contributed by atoms with Gasteiger partial charge in [0, 0.05) is 12.7 Å². The molecule has 2 aromatic heterocycles. The smallest absolute Gasteiger partial charge is 0.242 e. The first-order valence-electron chi connectivity index (χ1n) is 9.56. The Morgan fingerprint density at radius 1 is 1.07 bits per heavy atom. The molecule has 30 heavy (non-hydrogen) atoms. The van der Waals surface area contributed by atoms with Crippen molar-refractivity contribution in [3.8, 4) is 11.6 Å². The number of rotatable bonds is 6. The molecule has 4 aromatic rings. The highest BCUT2D eigenvalue weighted by Gasteiger charge is 2.26. The summed E-state index contributed by atoms with van der Waals surface area (Å²) in [6.07, 6.45) is 1.60. The van der Waals surface area contributed by atoms with Gasteiger partial charge in [0.25, 0.3) is 0 Å². The largest absolute Gasteiger partial charge is 0.461 e. The predicted molar refractivity (Wildman–Crippen MR) is 118 cm³/mol. The van der Waals surface area contributed by atoms with Gasteiger partial charge in [-0.1, -0.05) is 54.2 Å². The number of hydrogen-bond donors (Lipinski definition) is 1. The Labute approximate surface area is 179 Å². The third-order valence-electron chi connectivity index (χ3n) is 4.79. The monoisotopic (exact) mass is 418 g/mol. The maximum absolute atomic E-state index is 13.3. The van der Waals surface area contributed by atoms with Crippen molar-refractivity contribution in [2.75, 3.05) is 5.32 Å². The maximum atomic E-state index is 13.3. The van der Waals surface area contributed by atoms with E-state index in [2.05, 4.69) is 15.5 Å². The number of aromatic nitrogens is 3. The van der Waals surface area contributed by atoms with Gasteiger partial charge in [0.1, 0.15) is 5.25 Å². The highest BCUT2D eigenvalue weighted by atomic mass is 32.2. The zero-order valence-corrected chi connectivity index (χ0v) is 17.8. The maximum Gasteiger partial charge on any atom is 0.242 e. The van der Waals surface area contributed by atoms with Crippen molar-refractivity contribution in [1.82, 2.24) is 14.8 Å².